The van der Waals surface area contributed by atoms with Gasteiger partial charge in [-0.2, -0.15) is 0 Å². The summed E-state index contributed by atoms with van der Waals surface area (Å²) in [4.78, 5) is 10.1. The molecule has 0 spiro atoms. The Morgan fingerprint density at radius 1 is 1.07 bits per heavy atom. The van der Waals surface area contributed by atoms with E-state index < -0.39 is 37.0 Å². The Balaban J connectivity index is 0. The van der Waals surface area contributed by atoms with Crippen LogP contribution in [0.15, 0.2) is 0 Å². The molecule has 80 valence electrons. The van der Waals surface area contributed by atoms with E-state index in [9.17, 15) is 4.79 Å². The normalized spacial score (nSPS) is 18.9. The number of carbonyl (C=O) groups is 1. The number of carboxylic acids is 1. The van der Waals surface area contributed by atoms with Gasteiger partial charge in [0.25, 0.3) is 0 Å². The molecule has 0 saturated heterocycles. The summed E-state index contributed by atoms with van der Waals surface area (Å²) in [6.07, 6.45) is -7.84. The molecular weight excluding hydrogens is 224 g/mol. The van der Waals surface area contributed by atoms with Crippen LogP contribution in [0.5, 0.6) is 0 Å². The van der Waals surface area contributed by atoms with Crippen molar-refractivity contribution >= 4 is 43.7 Å². The molecule has 6 N–H and O–H groups in total. The van der Waals surface area contributed by atoms with E-state index >= 15 is 0 Å². The van der Waals surface area contributed by atoms with E-state index in [0.29, 0.717) is 0 Å². The first-order valence-electron chi connectivity index (χ1n) is 3.47. The maximum atomic E-state index is 10.1. The largest absolute Gasteiger partial charge is 0.479 e. The average molecular weight is 236 g/mol. The Morgan fingerprint density at radius 3 is 1.79 bits per heavy atom. The summed E-state index contributed by atoms with van der Waals surface area (Å²) in [5.41, 5.74) is 0. The molecule has 8 heteroatoms. The van der Waals surface area contributed by atoms with Crippen LogP contribution in [0.25, 0.3) is 0 Å². The fourth-order valence-corrected chi connectivity index (χ4v) is 0.668. The van der Waals surface area contributed by atoms with Crippen molar-refractivity contribution in [3.63, 3.8) is 0 Å². The third-order valence-corrected chi connectivity index (χ3v) is 1.51. The first-order valence-corrected chi connectivity index (χ1v) is 3.47. The molecule has 0 aliphatic carbocycles. The number of aliphatic carboxylic acids is 1. The average Bonchev–Trinajstić information content (AvgIpc) is 2.12. The molecule has 0 aromatic heterocycles. The van der Waals surface area contributed by atoms with Crippen LogP contribution in [0.2, 0.25) is 0 Å². The molecule has 0 amide bonds. The summed E-state index contributed by atoms with van der Waals surface area (Å²) < 4.78 is 0. The van der Waals surface area contributed by atoms with E-state index in [2.05, 4.69) is 0 Å². The minimum absolute atomic E-state index is 0. The number of hydrogen-bond acceptors (Lipinski definition) is 6. The van der Waals surface area contributed by atoms with Crippen LogP contribution in [0.3, 0.4) is 0 Å². The third kappa shape index (κ3) is 4.85. The Morgan fingerprint density at radius 2 is 1.50 bits per heavy atom. The van der Waals surface area contributed by atoms with E-state index in [1.165, 1.54) is 0 Å². The number of aliphatic hydroxyl groups is 5. The van der Waals surface area contributed by atoms with Gasteiger partial charge in [0.1, 0.15) is 18.3 Å². The second kappa shape index (κ2) is 7.77. The SMILES string of the molecule is O=C(O)C(O)C(O)C(O)C(O)CO.[Ca]. The molecule has 14 heavy (non-hydrogen) atoms. The van der Waals surface area contributed by atoms with Crippen LogP contribution in [0.4, 0.5) is 0 Å². The third-order valence-electron chi connectivity index (χ3n) is 1.51. The molecule has 4 unspecified atom stereocenters. The topological polar surface area (TPSA) is 138 Å². The minimum Gasteiger partial charge on any atom is -0.479 e. The van der Waals surface area contributed by atoms with Crippen LogP contribution in [-0.2, 0) is 4.79 Å². The number of hydrogen-bond donors (Lipinski definition) is 6. The maximum Gasteiger partial charge on any atom is 0.335 e. The molecule has 0 heterocycles. The van der Waals surface area contributed by atoms with Crippen molar-refractivity contribution < 1.29 is 35.4 Å². The summed E-state index contributed by atoms with van der Waals surface area (Å²) >= 11 is 0. The molecule has 0 fully saturated rings. The van der Waals surface area contributed by atoms with E-state index in [1.54, 1.807) is 0 Å². The van der Waals surface area contributed by atoms with Crippen LogP contribution in [-0.4, -0.2) is 105 Å². The van der Waals surface area contributed by atoms with Crippen molar-refractivity contribution in [3.05, 3.63) is 0 Å². The molecule has 0 aliphatic rings. The van der Waals surface area contributed by atoms with Gasteiger partial charge in [-0.25, -0.2) is 4.79 Å². The molecule has 0 saturated carbocycles. The van der Waals surface area contributed by atoms with E-state index in [1.807, 2.05) is 0 Å². The zero-order valence-electron chi connectivity index (χ0n) is 7.32. The Kier molecular flexibility index (Phi) is 9.41. The first-order chi connectivity index (χ1) is 5.91. The fraction of sp³-hybridized carbons (Fsp3) is 0.833. The van der Waals surface area contributed by atoms with E-state index in [-0.39, 0.29) is 37.7 Å². The fourth-order valence-electron chi connectivity index (χ4n) is 0.668. The van der Waals surface area contributed by atoms with Crippen LogP contribution in [0.1, 0.15) is 0 Å². The van der Waals surface area contributed by atoms with Crippen molar-refractivity contribution in [2.24, 2.45) is 0 Å². The van der Waals surface area contributed by atoms with Gasteiger partial charge in [0.15, 0.2) is 6.10 Å². The van der Waals surface area contributed by atoms with Crippen LogP contribution < -0.4 is 0 Å². The van der Waals surface area contributed by atoms with Crippen molar-refractivity contribution in [1.82, 2.24) is 0 Å². The molecular formula is C6H12CaO7. The zero-order valence-corrected chi connectivity index (χ0v) is 9.52. The second-order valence-corrected chi connectivity index (χ2v) is 2.51. The van der Waals surface area contributed by atoms with Gasteiger partial charge in [-0.1, -0.05) is 0 Å². The number of carboxylic acid groups (broad SMARTS) is 1. The molecule has 0 bridgehead atoms. The van der Waals surface area contributed by atoms with Gasteiger partial charge >= 0.3 is 5.97 Å². The van der Waals surface area contributed by atoms with Crippen molar-refractivity contribution in [2.75, 3.05) is 6.61 Å². The summed E-state index contributed by atoms with van der Waals surface area (Å²) in [7, 11) is 0. The second-order valence-electron chi connectivity index (χ2n) is 2.51. The Bertz CT molecular complexity index is 176. The number of rotatable bonds is 5. The van der Waals surface area contributed by atoms with Crippen molar-refractivity contribution in [2.45, 2.75) is 24.4 Å². The van der Waals surface area contributed by atoms with Gasteiger partial charge in [-0.05, 0) is 0 Å². The molecule has 2 radical (unpaired) electrons. The Hall–Kier alpha value is 0.530. The summed E-state index contributed by atoms with van der Waals surface area (Å²) in [5, 5.41) is 51.8. The summed E-state index contributed by atoms with van der Waals surface area (Å²) in [6.45, 7) is -0.843. The van der Waals surface area contributed by atoms with Gasteiger partial charge in [-0.3, -0.25) is 0 Å². The number of aliphatic hydroxyl groups excluding tert-OH is 5. The molecule has 0 aromatic carbocycles. The summed E-state index contributed by atoms with van der Waals surface area (Å²) in [5.74, 6) is -1.73. The molecule has 7 nitrogen and oxygen atoms in total. The quantitative estimate of drug-likeness (QED) is 0.268. The molecule has 0 rings (SSSR count). The van der Waals surface area contributed by atoms with Gasteiger partial charge in [-0.15, -0.1) is 0 Å². The van der Waals surface area contributed by atoms with E-state index in [0.717, 1.165) is 0 Å². The zero-order chi connectivity index (χ0) is 10.6. The standard InChI is InChI=1S/C6H12O7.Ca/c7-1-2(8)3(9)4(10)5(11)6(12)13;/h2-5,7-11H,1H2,(H,12,13);. The molecule has 0 aromatic rings. The monoisotopic (exact) mass is 236 g/mol. The van der Waals surface area contributed by atoms with E-state index in [4.69, 9.17) is 30.6 Å². The van der Waals surface area contributed by atoms with Gasteiger partial charge in [0, 0.05) is 37.7 Å². The van der Waals surface area contributed by atoms with Crippen LogP contribution >= 0.6 is 0 Å². The Labute approximate surface area is 110 Å². The first kappa shape index (κ1) is 16.9. The predicted octanol–water partition coefficient (Wildman–Crippen LogP) is -3.87. The van der Waals surface area contributed by atoms with Crippen LogP contribution in [0, 0.1) is 0 Å². The molecule has 4 atom stereocenters. The minimum atomic E-state index is -2.20. The smallest absolute Gasteiger partial charge is 0.335 e. The van der Waals surface area contributed by atoms with Gasteiger partial charge < -0.3 is 30.6 Å². The van der Waals surface area contributed by atoms with Crippen molar-refractivity contribution in [1.29, 1.82) is 0 Å². The van der Waals surface area contributed by atoms with Gasteiger partial charge in [0.05, 0.1) is 6.61 Å². The molecule has 0 aliphatic heterocycles. The van der Waals surface area contributed by atoms with Gasteiger partial charge in [0.2, 0.25) is 0 Å². The van der Waals surface area contributed by atoms with Crippen molar-refractivity contribution in [3.8, 4) is 0 Å². The predicted molar refractivity (Wildman–Crippen MR) is 44.5 cm³/mol. The summed E-state index contributed by atoms with van der Waals surface area (Å²) in [6, 6.07) is 0. The maximum absolute atomic E-state index is 10.1.